The van der Waals surface area contributed by atoms with E-state index < -0.39 is 17.6 Å². The van der Waals surface area contributed by atoms with Gasteiger partial charge in [0.15, 0.2) is 0 Å². The second-order valence-corrected chi connectivity index (χ2v) is 7.21. The topological polar surface area (TPSA) is 76.0 Å². The standard InChI is InChI=1S/C25H21FN4O2/c1-30-16-17(19-9-3-5-12-23(19)30)14-22(25(32)28-15-18-8-6-7-13-27-18)29-24(31)20-10-2-4-11-21(20)26/h2-14,16H,15H2,1H3,(H,28,32)(H,29,31). The average Bonchev–Trinajstić information content (AvgIpc) is 3.13. The predicted octanol–water partition coefficient (Wildman–Crippen LogP) is 3.80. The van der Waals surface area contributed by atoms with Crippen molar-refractivity contribution in [2.75, 3.05) is 0 Å². The van der Waals surface area contributed by atoms with Crippen molar-refractivity contribution in [3.05, 3.63) is 107 Å². The van der Waals surface area contributed by atoms with E-state index in [2.05, 4.69) is 15.6 Å². The summed E-state index contributed by atoms with van der Waals surface area (Å²) in [5, 5.41) is 6.26. The van der Waals surface area contributed by atoms with Gasteiger partial charge in [0.05, 0.1) is 17.8 Å². The van der Waals surface area contributed by atoms with Crippen LogP contribution in [0.15, 0.2) is 84.8 Å². The number of aromatic nitrogens is 2. The van der Waals surface area contributed by atoms with E-state index in [9.17, 15) is 14.0 Å². The minimum atomic E-state index is -0.706. The lowest BCUT2D eigenvalue weighted by Crippen LogP contribution is -2.35. The number of fused-ring (bicyclic) bond motifs is 1. The summed E-state index contributed by atoms with van der Waals surface area (Å²) in [4.78, 5) is 29.9. The van der Waals surface area contributed by atoms with Gasteiger partial charge in [-0.05, 0) is 36.4 Å². The summed E-state index contributed by atoms with van der Waals surface area (Å²) in [6, 6.07) is 18.7. The number of pyridine rings is 1. The van der Waals surface area contributed by atoms with Gasteiger partial charge in [-0.3, -0.25) is 14.6 Å². The molecule has 0 atom stereocenters. The van der Waals surface area contributed by atoms with Crippen molar-refractivity contribution < 1.29 is 14.0 Å². The molecule has 0 aliphatic rings. The summed E-state index contributed by atoms with van der Waals surface area (Å²) in [5.41, 5.74) is 2.26. The molecule has 0 radical (unpaired) electrons. The molecule has 2 aromatic heterocycles. The monoisotopic (exact) mass is 428 g/mol. The Labute approximate surface area is 184 Å². The van der Waals surface area contributed by atoms with Crippen LogP contribution in [0.3, 0.4) is 0 Å². The maximum Gasteiger partial charge on any atom is 0.268 e. The Kier molecular flexibility index (Phi) is 6.07. The van der Waals surface area contributed by atoms with Crippen molar-refractivity contribution in [3.63, 3.8) is 0 Å². The molecule has 4 aromatic rings. The van der Waals surface area contributed by atoms with Gasteiger partial charge in [-0.1, -0.05) is 36.4 Å². The summed E-state index contributed by atoms with van der Waals surface area (Å²) in [5.74, 6) is -1.88. The van der Waals surface area contributed by atoms with E-state index >= 15 is 0 Å². The van der Waals surface area contributed by atoms with Crippen LogP contribution in [0.2, 0.25) is 0 Å². The molecule has 0 bridgehead atoms. The van der Waals surface area contributed by atoms with Crippen LogP contribution in [-0.4, -0.2) is 21.4 Å². The largest absolute Gasteiger partial charge is 0.350 e. The Balaban J connectivity index is 1.67. The number of nitrogens with zero attached hydrogens (tertiary/aromatic N) is 2. The van der Waals surface area contributed by atoms with Crippen molar-refractivity contribution in [1.29, 1.82) is 0 Å². The predicted molar refractivity (Wildman–Crippen MR) is 121 cm³/mol. The van der Waals surface area contributed by atoms with Gasteiger partial charge < -0.3 is 15.2 Å². The van der Waals surface area contributed by atoms with Gasteiger partial charge in [-0.25, -0.2) is 4.39 Å². The summed E-state index contributed by atoms with van der Waals surface area (Å²) in [6.07, 6.45) is 5.09. The molecule has 0 aliphatic carbocycles. The maximum absolute atomic E-state index is 14.1. The van der Waals surface area contributed by atoms with Gasteiger partial charge in [-0.15, -0.1) is 0 Å². The number of halogens is 1. The molecule has 0 saturated heterocycles. The molecule has 0 aliphatic heterocycles. The number of aryl methyl sites for hydroxylation is 1. The minimum Gasteiger partial charge on any atom is -0.350 e. The fourth-order valence-corrected chi connectivity index (χ4v) is 3.41. The average molecular weight is 428 g/mol. The molecule has 0 unspecified atom stereocenters. The van der Waals surface area contributed by atoms with Crippen molar-refractivity contribution in [3.8, 4) is 0 Å². The summed E-state index contributed by atoms with van der Waals surface area (Å²) < 4.78 is 16.0. The Morgan fingerprint density at radius 1 is 1.03 bits per heavy atom. The van der Waals surface area contributed by atoms with E-state index in [-0.39, 0.29) is 17.8 Å². The molecule has 160 valence electrons. The summed E-state index contributed by atoms with van der Waals surface area (Å²) in [7, 11) is 1.90. The Bertz CT molecular complexity index is 1310. The Morgan fingerprint density at radius 2 is 1.78 bits per heavy atom. The molecule has 2 amide bonds. The number of carbonyl (C=O) groups excluding carboxylic acids is 2. The number of carbonyl (C=O) groups is 2. The van der Waals surface area contributed by atoms with E-state index in [0.29, 0.717) is 5.69 Å². The summed E-state index contributed by atoms with van der Waals surface area (Å²) >= 11 is 0. The van der Waals surface area contributed by atoms with E-state index in [0.717, 1.165) is 16.5 Å². The fourth-order valence-electron chi connectivity index (χ4n) is 3.41. The van der Waals surface area contributed by atoms with Crippen LogP contribution in [0, 0.1) is 5.82 Å². The molecule has 0 saturated carbocycles. The zero-order valence-electron chi connectivity index (χ0n) is 17.4. The van der Waals surface area contributed by atoms with Crippen LogP contribution in [-0.2, 0) is 18.4 Å². The first-order chi connectivity index (χ1) is 15.5. The van der Waals surface area contributed by atoms with Gasteiger partial charge in [0.1, 0.15) is 11.5 Å². The molecule has 0 fully saturated rings. The third-order valence-electron chi connectivity index (χ3n) is 5.00. The van der Waals surface area contributed by atoms with Gasteiger partial charge in [0.25, 0.3) is 11.8 Å². The van der Waals surface area contributed by atoms with Crippen molar-refractivity contribution in [2.24, 2.45) is 7.05 Å². The fraction of sp³-hybridized carbons (Fsp3) is 0.0800. The van der Waals surface area contributed by atoms with E-state index in [1.54, 1.807) is 30.5 Å². The number of amides is 2. The van der Waals surface area contributed by atoms with Crippen LogP contribution in [0.25, 0.3) is 17.0 Å². The molecule has 32 heavy (non-hydrogen) atoms. The number of rotatable bonds is 6. The SMILES string of the molecule is Cn1cc(C=C(NC(=O)c2ccccc2F)C(=O)NCc2ccccn2)c2ccccc21. The van der Waals surface area contributed by atoms with Gasteiger partial charge in [0, 0.05) is 35.9 Å². The second kappa shape index (κ2) is 9.26. The number of benzene rings is 2. The quantitative estimate of drug-likeness (QED) is 0.459. The third kappa shape index (κ3) is 4.57. The van der Waals surface area contributed by atoms with Gasteiger partial charge >= 0.3 is 0 Å². The van der Waals surface area contributed by atoms with Crippen molar-refractivity contribution >= 4 is 28.8 Å². The normalized spacial score (nSPS) is 11.4. The Hall–Kier alpha value is -4.26. The van der Waals surface area contributed by atoms with Gasteiger partial charge in [0.2, 0.25) is 0 Å². The first kappa shape index (κ1) is 21.0. The van der Waals surface area contributed by atoms with E-state index in [1.807, 2.05) is 48.1 Å². The number of nitrogens with one attached hydrogen (secondary N) is 2. The van der Waals surface area contributed by atoms with Crippen LogP contribution in [0.4, 0.5) is 4.39 Å². The highest BCUT2D eigenvalue weighted by molar-refractivity contribution is 6.06. The number of hydrogen-bond donors (Lipinski definition) is 2. The molecule has 6 nitrogen and oxygen atoms in total. The number of para-hydroxylation sites is 1. The highest BCUT2D eigenvalue weighted by Crippen LogP contribution is 2.22. The smallest absolute Gasteiger partial charge is 0.268 e. The van der Waals surface area contributed by atoms with Crippen LogP contribution >= 0.6 is 0 Å². The second-order valence-electron chi connectivity index (χ2n) is 7.21. The van der Waals surface area contributed by atoms with Gasteiger partial charge in [-0.2, -0.15) is 0 Å². The molecule has 0 spiro atoms. The molecular formula is C25H21FN4O2. The minimum absolute atomic E-state index is 0.00513. The van der Waals surface area contributed by atoms with Crippen LogP contribution in [0.5, 0.6) is 0 Å². The molecule has 2 heterocycles. The lowest BCUT2D eigenvalue weighted by Gasteiger charge is -2.11. The zero-order valence-corrected chi connectivity index (χ0v) is 17.4. The number of hydrogen-bond acceptors (Lipinski definition) is 3. The lowest BCUT2D eigenvalue weighted by atomic mass is 10.1. The molecule has 7 heteroatoms. The highest BCUT2D eigenvalue weighted by Gasteiger charge is 2.18. The van der Waals surface area contributed by atoms with Crippen LogP contribution in [0.1, 0.15) is 21.6 Å². The zero-order chi connectivity index (χ0) is 22.5. The highest BCUT2D eigenvalue weighted by atomic mass is 19.1. The Morgan fingerprint density at radius 3 is 2.56 bits per heavy atom. The molecule has 2 N–H and O–H groups in total. The van der Waals surface area contributed by atoms with Crippen molar-refractivity contribution in [1.82, 2.24) is 20.2 Å². The third-order valence-corrected chi connectivity index (χ3v) is 5.00. The van der Waals surface area contributed by atoms with Crippen molar-refractivity contribution in [2.45, 2.75) is 6.54 Å². The summed E-state index contributed by atoms with van der Waals surface area (Å²) in [6.45, 7) is 0.183. The van der Waals surface area contributed by atoms with E-state index in [1.165, 1.54) is 18.2 Å². The molecular weight excluding hydrogens is 407 g/mol. The maximum atomic E-state index is 14.1. The molecule has 2 aromatic carbocycles. The molecule has 4 rings (SSSR count). The first-order valence-corrected chi connectivity index (χ1v) is 10.0. The van der Waals surface area contributed by atoms with Crippen LogP contribution < -0.4 is 10.6 Å². The first-order valence-electron chi connectivity index (χ1n) is 10.0. The van der Waals surface area contributed by atoms with E-state index in [4.69, 9.17) is 0 Å². The lowest BCUT2D eigenvalue weighted by molar-refractivity contribution is -0.117.